The Morgan fingerprint density at radius 1 is 1.00 bits per heavy atom. The van der Waals surface area contributed by atoms with Gasteiger partial charge in [-0.3, -0.25) is 0 Å². The van der Waals surface area contributed by atoms with Gasteiger partial charge in [-0.1, -0.05) is 0 Å². The predicted octanol–water partition coefficient (Wildman–Crippen LogP) is 0.0903. The number of aromatic hydroxyl groups is 1. The van der Waals surface area contributed by atoms with Crippen LogP contribution in [0.25, 0.3) is 11.1 Å². The molecule has 6 atom stereocenters. The van der Waals surface area contributed by atoms with Crippen molar-refractivity contribution in [1.29, 1.82) is 0 Å². The molecule has 1 fully saturated rings. The fourth-order valence-corrected chi connectivity index (χ4v) is 5.16. The van der Waals surface area contributed by atoms with Crippen LogP contribution in [-0.2, 0) is 22.4 Å². The standard InChI is InChI=1S/C24H27NO10/c1-32-13-8-11-10(5-12-16-9(3-4-25-12)6-15(33-2)18(26)17(11)16)7-14(13)34-24-21(29)19(27)20(28)22(35-24)23(30)31/h6-8,12,19-22,24-29H,3-5H2,1-2H3,(H,30,31)/t12-,19+,20-,21+,22+,24-/m0/s1. The fraction of sp³-hybridized carbons (Fsp3) is 0.458. The number of rotatable bonds is 5. The fourth-order valence-electron chi connectivity index (χ4n) is 5.16. The minimum absolute atomic E-state index is 0.0177. The lowest BCUT2D eigenvalue weighted by molar-refractivity contribution is -0.271. The Morgan fingerprint density at radius 3 is 2.40 bits per heavy atom. The van der Waals surface area contributed by atoms with Gasteiger partial charge in [0.15, 0.2) is 29.1 Å². The summed E-state index contributed by atoms with van der Waals surface area (Å²) in [5, 5.41) is 54.2. The normalized spacial score (nSPS) is 29.1. The minimum Gasteiger partial charge on any atom is -0.504 e. The van der Waals surface area contributed by atoms with Crippen molar-refractivity contribution in [3.05, 3.63) is 34.9 Å². The van der Waals surface area contributed by atoms with Crippen LogP contribution in [0.5, 0.6) is 23.0 Å². The van der Waals surface area contributed by atoms with Crippen LogP contribution in [0, 0.1) is 0 Å². The molecule has 0 spiro atoms. The summed E-state index contributed by atoms with van der Waals surface area (Å²) in [6.45, 7) is 0.763. The third-order valence-corrected chi connectivity index (χ3v) is 6.88. The van der Waals surface area contributed by atoms with Gasteiger partial charge < -0.3 is 49.8 Å². The van der Waals surface area contributed by atoms with Crippen molar-refractivity contribution in [2.75, 3.05) is 20.8 Å². The number of phenolic OH excluding ortho intramolecular Hbond substituents is 1. The van der Waals surface area contributed by atoms with Gasteiger partial charge in [-0.2, -0.15) is 0 Å². The van der Waals surface area contributed by atoms with Crippen molar-refractivity contribution in [2.24, 2.45) is 0 Å². The van der Waals surface area contributed by atoms with E-state index in [9.17, 15) is 30.3 Å². The van der Waals surface area contributed by atoms with E-state index in [2.05, 4.69) is 5.32 Å². The number of methoxy groups -OCH3 is 2. The molecular formula is C24H27NO10. The van der Waals surface area contributed by atoms with E-state index in [1.54, 1.807) is 12.1 Å². The summed E-state index contributed by atoms with van der Waals surface area (Å²) < 4.78 is 21.9. The van der Waals surface area contributed by atoms with E-state index >= 15 is 0 Å². The number of ether oxygens (including phenoxy) is 4. The van der Waals surface area contributed by atoms with Crippen LogP contribution in [0.4, 0.5) is 0 Å². The van der Waals surface area contributed by atoms with Crippen molar-refractivity contribution in [1.82, 2.24) is 5.32 Å². The van der Waals surface area contributed by atoms with Crippen molar-refractivity contribution in [3.8, 4) is 34.1 Å². The molecule has 0 amide bonds. The zero-order valence-electron chi connectivity index (χ0n) is 19.1. The lowest BCUT2D eigenvalue weighted by atomic mass is 9.77. The summed E-state index contributed by atoms with van der Waals surface area (Å²) in [5.74, 6) is -0.730. The molecule has 2 aliphatic heterocycles. The summed E-state index contributed by atoms with van der Waals surface area (Å²) in [4.78, 5) is 11.4. The average Bonchev–Trinajstić information content (AvgIpc) is 2.84. The molecule has 5 rings (SSSR count). The van der Waals surface area contributed by atoms with Crippen molar-refractivity contribution >= 4 is 5.97 Å². The van der Waals surface area contributed by atoms with Gasteiger partial charge in [-0.15, -0.1) is 0 Å². The molecule has 0 radical (unpaired) electrons. The largest absolute Gasteiger partial charge is 0.504 e. The maximum atomic E-state index is 11.4. The Kier molecular flexibility index (Phi) is 5.98. The number of carboxylic acids is 1. The van der Waals surface area contributed by atoms with Gasteiger partial charge in [0.1, 0.15) is 18.3 Å². The first-order chi connectivity index (χ1) is 16.7. The number of aliphatic carboxylic acids is 1. The number of nitrogens with one attached hydrogen (secondary N) is 1. The maximum Gasteiger partial charge on any atom is 0.335 e. The van der Waals surface area contributed by atoms with Crippen LogP contribution in [0.2, 0.25) is 0 Å². The van der Waals surface area contributed by atoms with E-state index in [0.717, 1.165) is 35.2 Å². The number of aliphatic hydroxyl groups excluding tert-OH is 3. The molecular weight excluding hydrogens is 462 g/mol. The second-order valence-corrected chi connectivity index (χ2v) is 8.85. The molecule has 0 saturated carbocycles. The van der Waals surface area contributed by atoms with E-state index in [1.807, 2.05) is 6.07 Å². The van der Waals surface area contributed by atoms with Crippen LogP contribution >= 0.6 is 0 Å². The highest BCUT2D eigenvalue weighted by molar-refractivity contribution is 5.84. The van der Waals surface area contributed by atoms with Crippen molar-refractivity contribution in [2.45, 2.75) is 49.6 Å². The summed E-state index contributed by atoms with van der Waals surface area (Å²) in [6.07, 6.45) is -7.33. The molecule has 3 aliphatic rings. The smallest absolute Gasteiger partial charge is 0.335 e. The molecule has 6 N–H and O–H groups in total. The third-order valence-electron chi connectivity index (χ3n) is 6.88. The number of fused-ring (bicyclic) bond motifs is 2. The molecule has 2 heterocycles. The predicted molar refractivity (Wildman–Crippen MR) is 120 cm³/mol. The van der Waals surface area contributed by atoms with E-state index in [4.69, 9.17) is 18.9 Å². The van der Waals surface area contributed by atoms with Gasteiger partial charge in [-0.05, 0) is 59.8 Å². The van der Waals surface area contributed by atoms with Gasteiger partial charge in [0.2, 0.25) is 6.29 Å². The summed E-state index contributed by atoms with van der Waals surface area (Å²) in [5.41, 5.74) is 4.27. The van der Waals surface area contributed by atoms with Gasteiger partial charge in [-0.25, -0.2) is 4.79 Å². The Morgan fingerprint density at radius 2 is 1.71 bits per heavy atom. The lowest BCUT2D eigenvalue weighted by Gasteiger charge is -2.39. The van der Waals surface area contributed by atoms with Gasteiger partial charge in [0, 0.05) is 11.6 Å². The van der Waals surface area contributed by atoms with Gasteiger partial charge in [0.05, 0.1) is 14.2 Å². The van der Waals surface area contributed by atoms with Gasteiger partial charge >= 0.3 is 5.97 Å². The molecule has 0 bridgehead atoms. The number of carbonyl (C=O) groups is 1. The summed E-state index contributed by atoms with van der Waals surface area (Å²) in [7, 11) is 2.92. The quantitative estimate of drug-likeness (QED) is 0.337. The highest BCUT2D eigenvalue weighted by Crippen LogP contribution is 2.52. The number of hydrogen-bond donors (Lipinski definition) is 6. The van der Waals surface area contributed by atoms with E-state index < -0.39 is 36.7 Å². The Balaban J connectivity index is 1.57. The third kappa shape index (κ3) is 3.76. The summed E-state index contributed by atoms with van der Waals surface area (Å²) in [6, 6.07) is 5.18. The first-order valence-corrected chi connectivity index (χ1v) is 11.2. The first-order valence-electron chi connectivity index (χ1n) is 11.2. The van der Waals surface area contributed by atoms with Crippen LogP contribution in [-0.4, -0.2) is 83.0 Å². The maximum absolute atomic E-state index is 11.4. The molecule has 0 unspecified atom stereocenters. The van der Waals surface area contributed by atoms with E-state index in [-0.39, 0.29) is 23.3 Å². The molecule has 11 heteroatoms. The lowest BCUT2D eigenvalue weighted by Crippen LogP contribution is -2.61. The van der Waals surface area contributed by atoms with Crippen LogP contribution < -0.4 is 19.5 Å². The number of carboxylic acid groups (broad SMARTS) is 1. The Bertz CT molecular complexity index is 1170. The SMILES string of the molecule is COc1cc2c(cc1O[C@H]1O[C@@H](C(=O)O)[C@@H](O)[C@@H](O)[C@H]1O)C[C@@H]1NCCc3cc(OC)c(O)c-2c31. The number of benzene rings is 2. The van der Waals surface area contributed by atoms with Crippen LogP contribution in [0.15, 0.2) is 18.2 Å². The van der Waals surface area contributed by atoms with Crippen molar-refractivity contribution in [3.63, 3.8) is 0 Å². The first kappa shape index (κ1) is 23.6. The highest BCUT2D eigenvalue weighted by Gasteiger charge is 2.48. The molecule has 35 heavy (non-hydrogen) atoms. The number of hydrogen-bond acceptors (Lipinski definition) is 10. The number of phenols is 1. The van der Waals surface area contributed by atoms with Gasteiger partial charge in [0.25, 0.3) is 0 Å². The monoisotopic (exact) mass is 489 g/mol. The second kappa shape index (κ2) is 8.85. The zero-order valence-corrected chi connectivity index (χ0v) is 19.1. The molecule has 188 valence electrons. The topological polar surface area (TPSA) is 167 Å². The summed E-state index contributed by atoms with van der Waals surface area (Å²) >= 11 is 0. The average molecular weight is 489 g/mol. The van der Waals surface area contributed by atoms with Crippen LogP contribution in [0.3, 0.4) is 0 Å². The Hall–Kier alpha value is -3.09. The molecule has 2 aromatic carbocycles. The zero-order chi connectivity index (χ0) is 25.0. The molecule has 11 nitrogen and oxygen atoms in total. The highest BCUT2D eigenvalue weighted by atomic mass is 16.7. The second-order valence-electron chi connectivity index (χ2n) is 8.85. The molecule has 1 aliphatic carbocycles. The van der Waals surface area contributed by atoms with E-state index in [0.29, 0.717) is 17.7 Å². The van der Waals surface area contributed by atoms with E-state index in [1.165, 1.54) is 14.2 Å². The van der Waals surface area contributed by atoms with Crippen LogP contribution in [0.1, 0.15) is 22.7 Å². The minimum atomic E-state index is -1.83. The molecule has 1 saturated heterocycles. The Labute approximate surface area is 200 Å². The molecule has 2 aromatic rings. The molecule has 0 aromatic heterocycles. The van der Waals surface area contributed by atoms with Crippen molar-refractivity contribution < 1.29 is 49.3 Å². The number of aliphatic hydroxyl groups is 3.